The van der Waals surface area contributed by atoms with E-state index in [1.54, 1.807) is 35.8 Å². The number of halogens is 1. The first-order chi connectivity index (χ1) is 13.0. The van der Waals surface area contributed by atoms with Gasteiger partial charge in [0.15, 0.2) is 5.13 Å². The van der Waals surface area contributed by atoms with Crippen molar-refractivity contribution in [1.82, 2.24) is 4.98 Å². The number of nitrogens with one attached hydrogen (secondary N) is 2. The Morgan fingerprint density at radius 3 is 2.74 bits per heavy atom. The molecule has 1 heterocycles. The van der Waals surface area contributed by atoms with E-state index in [2.05, 4.69) is 15.6 Å². The van der Waals surface area contributed by atoms with Crippen LogP contribution in [0.1, 0.15) is 22.8 Å². The Bertz CT molecular complexity index is 961. The topological polar surface area (TPSA) is 80.3 Å². The highest BCUT2D eigenvalue weighted by Gasteiger charge is 2.16. The molecular formula is C19H16FN3O3S. The quantitative estimate of drug-likeness (QED) is 0.670. The van der Waals surface area contributed by atoms with Gasteiger partial charge in [0.25, 0.3) is 5.91 Å². The number of ether oxygens (including phenoxy) is 1. The number of carbonyl (C=O) groups is 2. The predicted molar refractivity (Wildman–Crippen MR) is 102 cm³/mol. The molecule has 3 rings (SSSR count). The molecule has 27 heavy (non-hydrogen) atoms. The van der Waals surface area contributed by atoms with Crippen molar-refractivity contribution in [3.05, 3.63) is 71.0 Å². The van der Waals surface area contributed by atoms with Gasteiger partial charge in [-0.3, -0.25) is 14.9 Å². The summed E-state index contributed by atoms with van der Waals surface area (Å²) >= 11 is 1.28. The second kappa shape index (κ2) is 8.41. The number of aromatic nitrogens is 1. The first-order valence-corrected chi connectivity index (χ1v) is 8.89. The van der Waals surface area contributed by atoms with Crippen molar-refractivity contribution in [3.8, 4) is 5.75 Å². The van der Waals surface area contributed by atoms with Gasteiger partial charge in [-0.2, -0.15) is 0 Å². The van der Waals surface area contributed by atoms with Crippen LogP contribution in [0.4, 0.5) is 15.2 Å². The summed E-state index contributed by atoms with van der Waals surface area (Å²) in [5.41, 5.74) is 1.32. The normalized spacial score (nSPS) is 10.3. The maximum absolute atomic E-state index is 13.3. The van der Waals surface area contributed by atoms with Gasteiger partial charge in [-0.05, 0) is 35.9 Å². The predicted octanol–water partition coefficient (Wildman–Crippen LogP) is 4.07. The number of anilines is 2. The van der Waals surface area contributed by atoms with Crippen LogP contribution in [0.25, 0.3) is 0 Å². The van der Waals surface area contributed by atoms with Gasteiger partial charge in [-0.1, -0.05) is 12.1 Å². The zero-order chi connectivity index (χ0) is 19.2. The summed E-state index contributed by atoms with van der Waals surface area (Å²) in [7, 11) is 0. The van der Waals surface area contributed by atoms with Crippen LogP contribution < -0.4 is 15.4 Å². The van der Waals surface area contributed by atoms with Crippen molar-refractivity contribution in [2.45, 2.75) is 13.5 Å². The molecule has 0 radical (unpaired) electrons. The van der Waals surface area contributed by atoms with Crippen molar-refractivity contribution >= 4 is 34.0 Å². The zero-order valence-corrected chi connectivity index (χ0v) is 15.2. The maximum atomic E-state index is 13.3. The van der Waals surface area contributed by atoms with Gasteiger partial charge in [0.1, 0.15) is 18.2 Å². The Kier molecular flexibility index (Phi) is 5.77. The first-order valence-electron chi connectivity index (χ1n) is 8.01. The molecule has 0 saturated carbocycles. The molecule has 2 aromatic carbocycles. The third kappa shape index (κ3) is 5.11. The lowest BCUT2D eigenvalue weighted by atomic mass is 10.1. The van der Waals surface area contributed by atoms with E-state index in [0.717, 1.165) is 0 Å². The lowest BCUT2D eigenvalue weighted by molar-refractivity contribution is -0.114. The molecule has 0 spiro atoms. The van der Waals surface area contributed by atoms with Crippen LogP contribution in [0.5, 0.6) is 5.75 Å². The minimum Gasteiger partial charge on any atom is -0.488 e. The van der Waals surface area contributed by atoms with Gasteiger partial charge >= 0.3 is 0 Å². The molecule has 0 bridgehead atoms. The number of amides is 2. The third-order valence-electron chi connectivity index (χ3n) is 3.48. The SMILES string of the molecule is CC(=O)Nc1ccc(OCc2cccc(F)c2)c(C(=O)Nc2nccs2)c1. The number of benzene rings is 2. The van der Waals surface area contributed by atoms with E-state index < -0.39 is 5.91 Å². The van der Waals surface area contributed by atoms with Gasteiger partial charge in [0.2, 0.25) is 5.91 Å². The lowest BCUT2D eigenvalue weighted by Gasteiger charge is -2.13. The minimum absolute atomic E-state index is 0.0920. The number of carbonyl (C=O) groups excluding carboxylic acids is 2. The summed E-state index contributed by atoms with van der Waals surface area (Å²) in [6.45, 7) is 1.47. The molecule has 0 atom stereocenters. The van der Waals surface area contributed by atoms with Crippen LogP contribution in [0, 0.1) is 5.82 Å². The summed E-state index contributed by atoms with van der Waals surface area (Å²) in [5.74, 6) is -0.734. The van der Waals surface area contributed by atoms with Crippen LogP contribution >= 0.6 is 11.3 Å². The highest BCUT2D eigenvalue weighted by molar-refractivity contribution is 7.13. The lowest BCUT2D eigenvalue weighted by Crippen LogP contribution is -2.15. The summed E-state index contributed by atoms with van der Waals surface area (Å²) < 4.78 is 19.0. The number of hydrogen-bond donors (Lipinski definition) is 2. The van der Waals surface area contributed by atoms with Gasteiger partial charge in [-0.15, -0.1) is 11.3 Å². The van der Waals surface area contributed by atoms with Crippen molar-refractivity contribution in [3.63, 3.8) is 0 Å². The van der Waals surface area contributed by atoms with Crippen molar-refractivity contribution < 1.29 is 18.7 Å². The summed E-state index contributed by atoms with van der Waals surface area (Å²) in [6.07, 6.45) is 1.58. The van der Waals surface area contributed by atoms with Crippen LogP contribution in [-0.4, -0.2) is 16.8 Å². The fraction of sp³-hybridized carbons (Fsp3) is 0.105. The average molecular weight is 385 g/mol. The number of thiazole rings is 1. The molecule has 0 aliphatic carbocycles. The first kappa shape index (κ1) is 18.5. The molecular weight excluding hydrogens is 369 g/mol. The molecule has 0 unspecified atom stereocenters. The number of hydrogen-bond acceptors (Lipinski definition) is 5. The largest absolute Gasteiger partial charge is 0.488 e. The molecule has 6 nitrogen and oxygen atoms in total. The molecule has 3 aromatic rings. The van der Waals surface area contributed by atoms with E-state index in [4.69, 9.17) is 4.74 Å². The Hall–Kier alpha value is -3.26. The Labute approximate surface area is 159 Å². The van der Waals surface area contributed by atoms with Gasteiger partial charge in [0, 0.05) is 24.2 Å². The molecule has 0 aliphatic rings. The number of nitrogens with zero attached hydrogens (tertiary/aromatic N) is 1. The van der Waals surface area contributed by atoms with Gasteiger partial charge in [0.05, 0.1) is 5.56 Å². The molecule has 138 valence electrons. The van der Waals surface area contributed by atoms with E-state index >= 15 is 0 Å². The second-order valence-corrected chi connectivity index (χ2v) is 6.50. The Balaban J connectivity index is 1.84. The zero-order valence-electron chi connectivity index (χ0n) is 14.4. The number of rotatable bonds is 6. The van der Waals surface area contributed by atoms with Crippen molar-refractivity contribution in [2.24, 2.45) is 0 Å². The fourth-order valence-electron chi connectivity index (χ4n) is 2.35. The monoisotopic (exact) mass is 385 g/mol. The highest BCUT2D eigenvalue weighted by atomic mass is 32.1. The van der Waals surface area contributed by atoms with Crippen LogP contribution in [-0.2, 0) is 11.4 Å². The standard InChI is InChI=1S/C19H16FN3O3S/c1-12(24)22-15-5-6-17(26-11-13-3-2-4-14(20)9-13)16(10-15)18(25)23-19-21-7-8-27-19/h2-10H,11H2,1H3,(H,22,24)(H,21,23,25). The van der Waals surface area contributed by atoms with Crippen LogP contribution in [0.2, 0.25) is 0 Å². The fourth-order valence-corrected chi connectivity index (χ4v) is 2.88. The Morgan fingerprint density at radius 2 is 2.04 bits per heavy atom. The maximum Gasteiger partial charge on any atom is 0.261 e. The van der Waals surface area contributed by atoms with E-state index in [0.29, 0.717) is 22.1 Å². The molecule has 1 aromatic heterocycles. The molecule has 2 N–H and O–H groups in total. The van der Waals surface area contributed by atoms with Crippen LogP contribution in [0.15, 0.2) is 54.0 Å². The smallest absolute Gasteiger partial charge is 0.261 e. The van der Waals surface area contributed by atoms with E-state index in [1.165, 1.54) is 36.5 Å². The van der Waals surface area contributed by atoms with Gasteiger partial charge in [-0.25, -0.2) is 9.37 Å². The third-order valence-corrected chi connectivity index (χ3v) is 4.17. The second-order valence-electron chi connectivity index (χ2n) is 5.60. The summed E-state index contributed by atoms with van der Waals surface area (Å²) in [4.78, 5) is 28.0. The van der Waals surface area contributed by atoms with Gasteiger partial charge < -0.3 is 10.1 Å². The molecule has 0 saturated heterocycles. The van der Waals surface area contributed by atoms with E-state index in [1.807, 2.05) is 0 Å². The highest BCUT2D eigenvalue weighted by Crippen LogP contribution is 2.25. The molecule has 0 aliphatic heterocycles. The Morgan fingerprint density at radius 1 is 1.19 bits per heavy atom. The van der Waals surface area contributed by atoms with E-state index in [9.17, 15) is 14.0 Å². The van der Waals surface area contributed by atoms with E-state index in [-0.39, 0.29) is 23.9 Å². The van der Waals surface area contributed by atoms with Crippen molar-refractivity contribution in [2.75, 3.05) is 10.6 Å². The average Bonchev–Trinajstić information content (AvgIpc) is 3.13. The summed E-state index contributed by atoms with van der Waals surface area (Å²) in [5, 5.41) is 7.50. The van der Waals surface area contributed by atoms with Crippen molar-refractivity contribution in [1.29, 1.82) is 0 Å². The molecule has 0 fully saturated rings. The minimum atomic E-state index is -0.425. The molecule has 8 heteroatoms. The summed E-state index contributed by atoms with van der Waals surface area (Å²) in [6, 6.07) is 10.8. The molecule has 2 amide bonds. The van der Waals surface area contributed by atoms with Crippen LogP contribution in [0.3, 0.4) is 0 Å².